The van der Waals surface area contributed by atoms with Crippen LogP contribution in [0.4, 0.5) is 0 Å². The van der Waals surface area contributed by atoms with E-state index in [4.69, 9.17) is 0 Å². The van der Waals surface area contributed by atoms with E-state index in [0.717, 1.165) is 31.6 Å². The summed E-state index contributed by atoms with van der Waals surface area (Å²) >= 11 is 1.62. The summed E-state index contributed by atoms with van der Waals surface area (Å²) < 4.78 is 0. The third kappa shape index (κ3) is 2.89. The van der Waals surface area contributed by atoms with Crippen LogP contribution in [0.1, 0.15) is 26.2 Å². The molecule has 2 aliphatic rings. The maximum absolute atomic E-state index is 12.8. The van der Waals surface area contributed by atoms with Gasteiger partial charge in [0.1, 0.15) is 6.04 Å². The molecular weight excluding hydrogens is 264 g/mol. The maximum Gasteiger partial charge on any atom is 0.327 e. The third-order valence-electron chi connectivity index (χ3n) is 4.28. The van der Waals surface area contributed by atoms with Crippen LogP contribution in [0.5, 0.6) is 0 Å². The molecule has 0 saturated carbocycles. The predicted octanol–water partition coefficient (Wildman–Crippen LogP) is 0.795. The average molecular weight is 286 g/mol. The highest BCUT2D eigenvalue weighted by molar-refractivity contribution is 7.99. The Labute approximate surface area is 118 Å². The number of rotatable bonds is 3. The molecule has 2 N–H and O–H groups in total. The molecule has 0 aromatic rings. The molecule has 2 unspecified atom stereocenters. The van der Waals surface area contributed by atoms with E-state index in [2.05, 4.69) is 5.32 Å². The van der Waals surface area contributed by atoms with Crippen molar-refractivity contribution in [3.8, 4) is 0 Å². The van der Waals surface area contributed by atoms with Crippen LogP contribution in [0.3, 0.4) is 0 Å². The number of nitrogens with zero attached hydrogens (tertiary/aromatic N) is 1. The zero-order valence-electron chi connectivity index (χ0n) is 11.4. The van der Waals surface area contributed by atoms with Gasteiger partial charge in [-0.2, -0.15) is 11.8 Å². The molecule has 2 atom stereocenters. The zero-order chi connectivity index (χ0) is 13.9. The Bertz CT molecular complexity index is 356. The van der Waals surface area contributed by atoms with Gasteiger partial charge in [0.2, 0.25) is 5.91 Å². The standard InChI is InChI=1S/C13H22N2O3S/c1-2-13(4-3-5-14-9-13)12(18)15-6-7-19-8-10(15)11(16)17/h10,14H,2-9H2,1H3,(H,16,17). The molecule has 2 fully saturated rings. The van der Waals surface area contributed by atoms with Gasteiger partial charge in [0, 0.05) is 24.6 Å². The SMILES string of the molecule is CCC1(C(=O)N2CCSCC2C(=O)O)CCCNC1. The number of carbonyl (C=O) groups excluding carboxylic acids is 1. The number of thioether (sulfide) groups is 1. The fourth-order valence-electron chi connectivity index (χ4n) is 2.96. The minimum Gasteiger partial charge on any atom is -0.480 e. The van der Waals surface area contributed by atoms with Crippen molar-refractivity contribution in [2.75, 3.05) is 31.1 Å². The van der Waals surface area contributed by atoms with Crippen molar-refractivity contribution in [2.45, 2.75) is 32.2 Å². The Kier molecular flexibility index (Phi) is 4.73. The van der Waals surface area contributed by atoms with Gasteiger partial charge in [-0.05, 0) is 25.8 Å². The van der Waals surface area contributed by atoms with Crippen LogP contribution >= 0.6 is 11.8 Å². The summed E-state index contributed by atoms with van der Waals surface area (Å²) in [4.78, 5) is 25.8. The van der Waals surface area contributed by atoms with E-state index in [0.29, 0.717) is 18.8 Å². The fraction of sp³-hybridized carbons (Fsp3) is 0.846. The quantitative estimate of drug-likeness (QED) is 0.803. The summed E-state index contributed by atoms with van der Waals surface area (Å²) in [5, 5.41) is 12.6. The second-order valence-corrected chi connectivity index (χ2v) is 6.49. The van der Waals surface area contributed by atoms with Gasteiger partial charge in [-0.1, -0.05) is 6.92 Å². The van der Waals surface area contributed by atoms with Gasteiger partial charge in [0.05, 0.1) is 5.41 Å². The summed E-state index contributed by atoms with van der Waals surface area (Å²) in [7, 11) is 0. The monoisotopic (exact) mass is 286 g/mol. The molecule has 108 valence electrons. The molecule has 0 aromatic heterocycles. The number of amides is 1. The van der Waals surface area contributed by atoms with Crippen molar-refractivity contribution in [2.24, 2.45) is 5.41 Å². The lowest BCUT2D eigenvalue weighted by molar-refractivity contribution is -0.155. The van der Waals surface area contributed by atoms with E-state index in [1.807, 2.05) is 6.92 Å². The van der Waals surface area contributed by atoms with E-state index in [9.17, 15) is 14.7 Å². The normalized spacial score (nSPS) is 32.1. The number of carboxylic acids is 1. The first kappa shape index (κ1) is 14.7. The number of hydrogen-bond acceptors (Lipinski definition) is 4. The van der Waals surface area contributed by atoms with Gasteiger partial charge in [-0.3, -0.25) is 4.79 Å². The minimum atomic E-state index is -0.879. The fourth-order valence-corrected chi connectivity index (χ4v) is 4.00. The molecule has 6 heteroatoms. The maximum atomic E-state index is 12.8. The average Bonchev–Trinajstić information content (AvgIpc) is 2.47. The van der Waals surface area contributed by atoms with Gasteiger partial charge in [-0.25, -0.2) is 4.79 Å². The Morgan fingerprint density at radius 2 is 2.32 bits per heavy atom. The highest BCUT2D eigenvalue weighted by Crippen LogP contribution is 2.34. The molecule has 0 spiro atoms. The smallest absolute Gasteiger partial charge is 0.327 e. The molecule has 2 aliphatic heterocycles. The van der Waals surface area contributed by atoms with Crippen molar-refractivity contribution < 1.29 is 14.7 Å². The van der Waals surface area contributed by atoms with Gasteiger partial charge in [-0.15, -0.1) is 0 Å². The largest absolute Gasteiger partial charge is 0.480 e. The molecule has 0 bridgehead atoms. The second-order valence-electron chi connectivity index (χ2n) is 5.34. The lowest BCUT2D eigenvalue weighted by atomic mass is 9.76. The highest BCUT2D eigenvalue weighted by atomic mass is 32.2. The number of carboxylic acid groups (broad SMARTS) is 1. The van der Waals surface area contributed by atoms with Crippen LogP contribution in [0.25, 0.3) is 0 Å². The number of aliphatic carboxylic acids is 1. The molecule has 2 rings (SSSR count). The first-order valence-corrected chi connectivity index (χ1v) is 8.08. The zero-order valence-corrected chi connectivity index (χ0v) is 12.2. The Morgan fingerprint density at radius 3 is 2.89 bits per heavy atom. The molecule has 0 radical (unpaired) electrons. The van der Waals surface area contributed by atoms with Crippen LogP contribution in [-0.4, -0.2) is 59.1 Å². The van der Waals surface area contributed by atoms with E-state index < -0.39 is 17.4 Å². The topological polar surface area (TPSA) is 69.6 Å². The van der Waals surface area contributed by atoms with Gasteiger partial charge in [0.15, 0.2) is 0 Å². The number of hydrogen-bond donors (Lipinski definition) is 2. The van der Waals surface area contributed by atoms with Crippen LogP contribution in [0.2, 0.25) is 0 Å². The summed E-state index contributed by atoms with van der Waals surface area (Å²) in [6, 6.07) is -0.656. The molecule has 19 heavy (non-hydrogen) atoms. The lowest BCUT2D eigenvalue weighted by Crippen LogP contribution is -2.58. The van der Waals surface area contributed by atoms with Crippen LogP contribution in [0.15, 0.2) is 0 Å². The van der Waals surface area contributed by atoms with E-state index >= 15 is 0 Å². The highest BCUT2D eigenvalue weighted by Gasteiger charge is 2.44. The van der Waals surface area contributed by atoms with Crippen molar-refractivity contribution in [3.63, 3.8) is 0 Å². The van der Waals surface area contributed by atoms with Crippen LogP contribution < -0.4 is 5.32 Å². The summed E-state index contributed by atoms with van der Waals surface area (Å²) in [6.07, 6.45) is 2.63. The molecule has 2 heterocycles. The number of carbonyl (C=O) groups is 2. The second kappa shape index (κ2) is 6.13. The van der Waals surface area contributed by atoms with Crippen molar-refractivity contribution in [1.82, 2.24) is 10.2 Å². The summed E-state index contributed by atoms with van der Waals surface area (Å²) in [5.74, 6) is 0.502. The summed E-state index contributed by atoms with van der Waals surface area (Å²) in [5.41, 5.74) is -0.395. The predicted molar refractivity (Wildman–Crippen MR) is 75.3 cm³/mol. The molecule has 2 saturated heterocycles. The molecule has 0 aliphatic carbocycles. The lowest BCUT2D eigenvalue weighted by Gasteiger charge is -2.42. The minimum absolute atomic E-state index is 0.0369. The Hall–Kier alpha value is -0.750. The van der Waals surface area contributed by atoms with Crippen LogP contribution in [0, 0.1) is 5.41 Å². The van der Waals surface area contributed by atoms with Crippen molar-refractivity contribution >= 4 is 23.6 Å². The van der Waals surface area contributed by atoms with Gasteiger partial charge < -0.3 is 15.3 Å². The molecular formula is C13H22N2O3S. The van der Waals surface area contributed by atoms with E-state index in [1.165, 1.54) is 0 Å². The first-order chi connectivity index (χ1) is 9.10. The van der Waals surface area contributed by atoms with Crippen molar-refractivity contribution in [1.29, 1.82) is 0 Å². The molecule has 0 aromatic carbocycles. The van der Waals surface area contributed by atoms with Gasteiger partial charge >= 0.3 is 5.97 Å². The first-order valence-electron chi connectivity index (χ1n) is 6.93. The van der Waals surface area contributed by atoms with E-state index in [-0.39, 0.29) is 5.91 Å². The Morgan fingerprint density at radius 1 is 1.53 bits per heavy atom. The third-order valence-corrected chi connectivity index (χ3v) is 5.30. The molecule has 5 nitrogen and oxygen atoms in total. The van der Waals surface area contributed by atoms with E-state index in [1.54, 1.807) is 16.7 Å². The van der Waals surface area contributed by atoms with Crippen LogP contribution in [-0.2, 0) is 9.59 Å². The number of piperidine rings is 1. The number of nitrogens with one attached hydrogen (secondary N) is 1. The van der Waals surface area contributed by atoms with Gasteiger partial charge in [0.25, 0.3) is 0 Å². The Balaban J connectivity index is 2.17. The molecule has 1 amide bonds. The summed E-state index contributed by atoms with van der Waals surface area (Å²) in [6.45, 7) is 4.22. The van der Waals surface area contributed by atoms with Crippen molar-refractivity contribution in [3.05, 3.63) is 0 Å².